The Balaban J connectivity index is 1.89. The third-order valence-electron chi connectivity index (χ3n) is 4.68. The summed E-state index contributed by atoms with van der Waals surface area (Å²) in [5.74, 6) is 1.95. The minimum absolute atomic E-state index is 0.0443. The zero-order valence-electron chi connectivity index (χ0n) is 16.4. The van der Waals surface area contributed by atoms with E-state index in [4.69, 9.17) is 4.74 Å². The first kappa shape index (κ1) is 19.6. The van der Waals surface area contributed by atoms with Gasteiger partial charge in [0, 0.05) is 17.5 Å². The molecule has 1 atom stereocenters. The number of aromatic nitrogens is 2. The maximum absolute atomic E-state index is 12.6. The van der Waals surface area contributed by atoms with Crippen molar-refractivity contribution < 1.29 is 9.53 Å². The standard InChI is InChI=1S/C22H26N4O2/c1-5-26(13-18-12-11-16(4)28-18)21-19(15(2)3)20(23-14-24-21)25-22(27)17-9-7-6-8-10-17/h5-10,14-15,18H,1,4,11-13H2,2-3H3,(H,23,24,25,27). The molecule has 28 heavy (non-hydrogen) atoms. The Labute approximate surface area is 166 Å². The van der Waals surface area contributed by atoms with Gasteiger partial charge < -0.3 is 15.0 Å². The van der Waals surface area contributed by atoms with Crippen molar-refractivity contribution in [2.24, 2.45) is 0 Å². The number of hydrogen-bond donors (Lipinski definition) is 1. The van der Waals surface area contributed by atoms with Crippen LogP contribution >= 0.6 is 0 Å². The number of allylic oxidation sites excluding steroid dienone is 1. The molecule has 0 radical (unpaired) electrons. The number of rotatable bonds is 7. The van der Waals surface area contributed by atoms with E-state index in [0.29, 0.717) is 17.9 Å². The highest BCUT2D eigenvalue weighted by Gasteiger charge is 2.25. The van der Waals surface area contributed by atoms with E-state index < -0.39 is 0 Å². The molecule has 1 amide bonds. The fourth-order valence-electron chi connectivity index (χ4n) is 3.29. The van der Waals surface area contributed by atoms with E-state index in [2.05, 4.69) is 42.3 Å². The number of nitrogens with zero attached hydrogens (tertiary/aromatic N) is 3. The molecule has 0 bridgehead atoms. The van der Waals surface area contributed by atoms with Gasteiger partial charge in [0.05, 0.1) is 12.3 Å². The predicted octanol–water partition coefficient (Wildman–Crippen LogP) is 4.49. The summed E-state index contributed by atoms with van der Waals surface area (Å²) in [6.07, 6.45) is 5.04. The van der Waals surface area contributed by atoms with Crippen LogP contribution in [0.25, 0.3) is 0 Å². The van der Waals surface area contributed by atoms with Crippen molar-refractivity contribution in [3.05, 3.63) is 72.9 Å². The van der Waals surface area contributed by atoms with Gasteiger partial charge in [-0.15, -0.1) is 0 Å². The number of amides is 1. The van der Waals surface area contributed by atoms with Gasteiger partial charge in [0.1, 0.15) is 24.1 Å². The molecule has 2 aromatic rings. The van der Waals surface area contributed by atoms with Crippen LogP contribution in [0.1, 0.15) is 48.5 Å². The molecule has 146 valence electrons. The summed E-state index contributed by atoms with van der Waals surface area (Å²) >= 11 is 0. The van der Waals surface area contributed by atoms with Crippen LogP contribution < -0.4 is 10.2 Å². The smallest absolute Gasteiger partial charge is 0.256 e. The molecule has 0 spiro atoms. The molecule has 1 aliphatic rings. The van der Waals surface area contributed by atoms with Crippen molar-refractivity contribution in [2.75, 3.05) is 16.8 Å². The minimum atomic E-state index is -0.201. The second kappa shape index (κ2) is 8.69. The summed E-state index contributed by atoms with van der Waals surface area (Å²) in [7, 11) is 0. The normalized spacial score (nSPS) is 16.0. The lowest BCUT2D eigenvalue weighted by Crippen LogP contribution is -2.29. The number of benzene rings is 1. The highest BCUT2D eigenvalue weighted by atomic mass is 16.5. The van der Waals surface area contributed by atoms with Gasteiger partial charge in [-0.2, -0.15) is 0 Å². The molecule has 1 unspecified atom stereocenters. The van der Waals surface area contributed by atoms with Crippen LogP contribution in [-0.2, 0) is 4.74 Å². The molecule has 1 aromatic heterocycles. The molecule has 1 saturated heterocycles. The first-order chi connectivity index (χ1) is 13.5. The quantitative estimate of drug-likeness (QED) is 0.769. The molecular formula is C22H26N4O2. The number of anilines is 2. The lowest BCUT2D eigenvalue weighted by atomic mass is 10.0. The minimum Gasteiger partial charge on any atom is -0.494 e. The number of nitrogens with one attached hydrogen (secondary N) is 1. The molecule has 0 saturated carbocycles. The molecule has 6 heteroatoms. The summed E-state index contributed by atoms with van der Waals surface area (Å²) < 4.78 is 5.77. The summed E-state index contributed by atoms with van der Waals surface area (Å²) in [4.78, 5) is 23.4. The largest absolute Gasteiger partial charge is 0.494 e. The van der Waals surface area contributed by atoms with E-state index in [0.717, 1.165) is 30.0 Å². The lowest BCUT2D eigenvalue weighted by molar-refractivity contribution is 0.102. The fraction of sp³-hybridized carbons (Fsp3) is 0.318. The van der Waals surface area contributed by atoms with Gasteiger partial charge in [-0.05, 0) is 30.7 Å². The van der Waals surface area contributed by atoms with Crippen molar-refractivity contribution in [2.45, 2.75) is 38.7 Å². The summed E-state index contributed by atoms with van der Waals surface area (Å²) in [6.45, 7) is 12.5. The first-order valence-corrected chi connectivity index (χ1v) is 9.44. The van der Waals surface area contributed by atoms with Crippen LogP contribution in [0.15, 0.2) is 61.8 Å². The molecule has 0 aliphatic carbocycles. The zero-order valence-corrected chi connectivity index (χ0v) is 16.4. The van der Waals surface area contributed by atoms with Crippen molar-refractivity contribution in [3.8, 4) is 0 Å². The van der Waals surface area contributed by atoms with Gasteiger partial charge >= 0.3 is 0 Å². The summed E-state index contributed by atoms with van der Waals surface area (Å²) in [5.41, 5.74) is 1.44. The Morgan fingerprint density at radius 3 is 2.71 bits per heavy atom. The molecule has 1 N–H and O–H groups in total. The number of carbonyl (C=O) groups excluding carboxylic acids is 1. The van der Waals surface area contributed by atoms with E-state index in [1.807, 2.05) is 23.1 Å². The number of hydrogen-bond acceptors (Lipinski definition) is 5. The molecular weight excluding hydrogens is 352 g/mol. The highest BCUT2D eigenvalue weighted by Crippen LogP contribution is 2.32. The average Bonchev–Trinajstić information content (AvgIpc) is 3.11. The lowest BCUT2D eigenvalue weighted by Gasteiger charge is -2.26. The van der Waals surface area contributed by atoms with Crippen molar-refractivity contribution in [1.82, 2.24) is 9.97 Å². The van der Waals surface area contributed by atoms with Gasteiger partial charge in [0.25, 0.3) is 5.91 Å². The number of ether oxygens (including phenoxy) is 1. The molecule has 1 fully saturated rings. The Morgan fingerprint density at radius 2 is 2.11 bits per heavy atom. The fourth-order valence-corrected chi connectivity index (χ4v) is 3.29. The van der Waals surface area contributed by atoms with Gasteiger partial charge in [0.2, 0.25) is 0 Å². The SMILES string of the molecule is C=CN(CC1CCC(=C)O1)c1ncnc(NC(=O)c2ccccc2)c1C(C)C. The van der Waals surface area contributed by atoms with E-state index in [9.17, 15) is 4.79 Å². The van der Waals surface area contributed by atoms with E-state index in [1.54, 1.807) is 18.3 Å². The maximum atomic E-state index is 12.6. The zero-order chi connectivity index (χ0) is 20.1. The molecule has 3 rings (SSSR count). The monoisotopic (exact) mass is 378 g/mol. The topological polar surface area (TPSA) is 67.3 Å². The molecule has 2 heterocycles. The van der Waals surface area contributed by atoms with Gasteiger partial charge in [-0.25, -0.2) is 9.97 Å². The Bertz CT molecular complexity index is 864. The highest BCUT2D eigenvalue weighted by molar-refractivity contribution is 6.04. The van der Waals surface area contributed by atoms with Gasteiger partial charge in [-0.3, -0.25) is 4.79 Å². The Morgan fingerprint density at radius 1 is 1.36 bits per heavy atom. The Kier molecular flexibility index (Phi) is 6.09. The number of carbonyl (C=O) groups is 1. The third-order valence-corrected chi connectivity index (χ3v) is 4.68. The molecule has 1 aliphatic heterocycles. The van der Waals surface area contributed by atoms with Crippen LogP contribution in [0.4, 0.5) is 11.6 Å². The second-order valence-corrected chi connectivity index (χ2v) is 7.09. The first-order valence-electron chi connectivity index (χ1n) is 9.44. The predicted molar refractivity (Wildman–Crippen MR) is 111 cm³/mol. The van der Waals surface area contributed by atoms with Crippen LogP contribution in [-0.4, -0.2) is 28.5 Å². The van der Waals surface area contributed by atoms with Crippen molar-refractivity contribution >= 4 is 17.5 Å². The Hall–Kier alpha value is -3.15. The van der Waals surface area contributed by atoms with Crippen LogP contribution in [0, 0.1) is 0 Å². The van der Waals surface area contributed by atoms with E-state index >= 15 is 0 Å². The van der Waals surface area contributed by atoms with Gasteiger partial charge in [0.15, 0.2) is 0 Å². The van der Waals surface area contributed by atoms with E-state index in [-0.39, 0.29) is 17.9 Å². The van der Waals surface area contributed by atoms with E-state index in [1.165, 1.54) is 6.33 Å². The van der Waals surface area contributed by atoms with Crippen molar-refractivity contribution in [1.29, 1.82) is 0 Å². The molecule has 6 nitrogen and oxygen atoms in total. The van der Waals surface area contributed by atoms with Crippen molar-refractivity contribution in [3.63, 3.8) is 0 Å². The average molecular weight is 378 g/mol. The van der Waals surface area contributed by atoms with Gasteiger partial charge in [-0.1, -0.05) is 45.2 Å². The summed E-state index contributed by atoms with van der Waals surface area (Å²) in [5, 5.41) is 2.93. The third kappa shape index (κ3) is 4.39. The molecule has 1 aromatic carbocycles. The second-order valence-electron chi connectivity index (χ2n) is 7.09. The van der Waals surface area contributed by atoms with Crippen LogP contribution in [0.5, 0.6) is 0 Å². The summed E-state index contributed by atoms with van der Waals surface area (Å²) in [6, 6.07) is 9.08. The maximum Gasteiger partial charge on any atom is 0.256 e. The van der Waals surface area contributed by atoms with Crippen LogP contribution in [0.2, 0.25) is 0 Å². The van der Waals surface area contributed by atoms with Crippen LogP contribution in [0.3, 0.4) is 0 Å².